The van der Waals surface area contributed by atoms with Crippen LogP contribution in [0.3, 0.4) is 0 Å². The third kappa shape index (κ3) is 5.06. The number of rotatable bonds is 9. The van der Waals surface area contributed by atoms with E-state index in [0.717, 1.165) is 10.5 Å². The zero-order valence-electron chi connectivity index (χ0n) is 17.6. The summed E-state index contributed by atoms with van der Waals surface area (Å²) in [7, 11) is 4.66. The number of methoxy groups -OCH3 is 3. The van der Waals surface area contributed by atoms with Crippen molar-refractivity contribution in [1.29, 1.82) is 0 Å². The van der Waals surface area contributed by atoms with Gasteiger partial charge >= 0.3 is 6.03 Å². The molecule has 164 valence electrons. The lowest BCUT2D eigenvalue weighted by atomic mass is 10.1. The summed E-state index contributed by atoms with van der Waals surface area (Å²) in [5.74, 6) is 1.07. The van der Waals surface area contributed by atoms with Gasteiger partial charge in [0, 0.05) is 6.54 Å². The van der Waals surface area contributed by atoms with E-state index in [0.29, 0.717) is 35.9 Å². The Labute approximate surface area is 180 Å². The van der Waals surface area contributed by atoms with Crippen molar-refractivity contribution in [2.75, 3.05) is 32.8 Å². The van der Waals surface area contributed by atoms with Crippen molar-refractivity contribution in [3.8, 4) is 17.2 Å². The topological polar surface area (TPSA) is 106 Å². The molecule has 0 radical (unpaired) electrons. The molecule has 0 spiro atoms. The van der Waals surface area contributed by atoms with Gasteiger partial charge in [-0.25, -0.2) is 9.69 Å². The number of carbonyl (C=O) groups is 3. The summed E-state index contributed by atoms with van der Waals surface area (Å²) in [6.45, 7) is 0.380. The summed E-state index contributed by atoms with van der Waals surface area (Å²) in [6, 6.07) is 10.6. The normalized spacial score (nSPS) is 15.5. The maximum atomic E-state index is 12.6. The number of hydrogen-bond acceptors (Lipinski definition) is 6. The first-order valence-electron chi connectivity index (χ1n) is 9.73. The molecule has 2 aromatic carbocycles. The fourth-order valence-corrected chi connectivity index (χ4v) is 3.29. The molecule has 1 aliphatic rings. The van der Waals surface area contributed by atoms with Crippen LogP contribution in [-0.2, 0) is 16.0 Å². The van der Waals surface area contributed by atoms with Gasteiger partial charge in [0.2, 0.25) is 5.91 Å². The highest BCUT2D eigenvalue weighted by Crippen LogP contribution is 2.27. The molecule has 2 N–H and O–H groups in total. The van der Waals surface area contributed by atoms with E-state index < -0.39 is 18.0 Å². The maximum Gasteiger partial charge on any atom is 0.329 e. The van der Waals surface area contributed by atoms with Crippen molar-refractivity contribution in [2.45, 2.75) is 18.9 Å². The molecule has 3 rings (SSSR count). The van der Waals surface area contributed by atoms with Gasteiger partial charge in [0.05, 0.1) is 33.4 Å². The molecule has 0 saturated carbocycles. The quantitative estimate of drug-likeness (QED) is 0.592. The molecule has 2 aromatic rings. The number of nitrogens with one attached hydrogen (secondary N) is 2. The standard InChI is InChI=1S/C22H25N3O6/c1-29-16-7-5-15(6-8-16)25-21(27)17(24-22(25)28)13-20(26)23-11-10-14-4-9-18(30-2)19(12-14)31-3/h4-9,12,17H,10-11,13H2,1-3H3,(H,23,26)(H,24,28)/t17-/m0/s1. The lowest BCUT2D eigenvalue weighted by Crippen LogP contribution is -2.37. The van der Waals surface area contributed by atoms with Gasteiger partial charge < -0.3 is 24.8 Å². The van der Waals surface area contributed by atoms with E-state index >= 15 is 0 Å². The number of urea groups is 1. The summed E-state index contributed by atoms with van der Waals surface area (Å²) in [5, 5.41) is 5.34. The first-order chi connectivity index (χ1) is 15.0. The highest BCUT2D eigenvalue weighted by atomic mass is 16.5. The molecule has 0 aromatic heterocycles. The molecule has 1 heterocycles. The lowest BCUT2D eigenvalue weighted by Gasteiger charge is -2.13. The SMILES string of the molecule is COc1ccc(N2C(=O)N[C@@H](CC(=O)NCCc3ccc(OC)c(OC)c3)C2=O)cc1. The zero-order valence-corrected chi connectivity index (χ0v) is 17.6. The second-order valence-corrected chi connectivity index (χ2v) is 6.87. The predicted molar refractivity (Wildman–Crippen MR) is 114 cm³/mol. The molecule has 9 heteroatoms. The van der Waals surface area contributed by atoms with Crippen LogP contribution in [0.25, 0.3) is 0 Å². The Morgan fingerprint density at radius 2 is 1.71 bits per heavy atom. The van der Waals surface area contributed by atoms with Crippen molar-refractivity contribution in [3.05, 3.63) is 48.0 Å². The van der Waals surface area contributed by atoms with Crippen molar-refractivity contribution >= 4 is 23.5 Å². The number of benzene rings is 2. The molecule has 0 unspecified atom stereocenters. The van der Waals surface area contributed by atoms with Crippen LogP contribution in [0.15, 0.2) is 42.5 Å². The lowest BCUT2D eigenvalue weighted by molar-refractivity contribution is -0.125. The molecule has 31 heavy (non-hydrogen) atoms. The van der Waals surface area contributed by atoms with Gasteiger partial charge in [-0.1, -0.05) is 6.07 Å². The third-order valence-electron chi connectivity index (χ3n) is 4.92. The van der Waals surface area contributed by atoms with Crippen LogP contribution in [0.1, 0.15) is 12.0 Å². The molecule has 1 saturated heterocycles. The monoisotopic (exact) mass is 427 g/mol. The van der Waals surface area contributed by atoms with Crippen molar-refractivity contribution in [2.24, 2.45) is 0 Å². The average molecular weight is 427 g/mol. The molecular weight excluding hydrogens is 402 g/mol. The van der Waals surface area contributed by atoms with Gasteiger partial charge in [-0.05, 0) is 48.4 Å². The number of amides is 4. The van der Waals surface area contributed by atoms with Crippen molar-refractivity contribution in [3.63, 3.8) is 0 Å². The van der Waals surface area contributed by atoms with Gasteiger partial charge in [0.15, 0.2) is 11.5 Å². The van der Waals surface area contributed by atoms with E-state index in [1.165, 1.54) is 7.11 Å². The Morgan fingerprint density at radius 3 is 2.35 bits per heavy atom. The van der Waals surface area contributed by atoms with Gasteiger partial charge in [-0.15, -0.1) is 0 Å². The van der Waals surface area contributed by atoms with Crippen LogP contribution in [0.2, 0.25) is 0 Å². The van der Waals surface area contributed by atoms with E-state index in [2.05, 4.69) is 10.6 Å². The van der Waals surface area contributed by atoms with E-state index in [9.17, 15) is 14.4 Å². The van der Waals surface area contributed by atoms with Crippen molar-refractivity contribution in [1.82, 2.24) is 10.6 Å². The fraction of sp³-hybridized carbons (Fsp3) is 0.318. The Bertz CT molecular complexity index is 960. The highest BCUT2D eigenvalue weighted by molar-refractivity contribution is 6.22. The number of ether oxygens (including phenoxy) is 3. The number of imide groups is 1. The molecule has 0 bridgehead atoms. The minimum absolute atomic E-state index is 0.136. The first kappa shape index (κ1) is 21.9. The first-order valence-corrected chi connectivity index (χ1v) is 9.73. The average Bonchev–Trinajstić information content (AvgIpc) is 3.06. The number of hydrogen-bond donors (Lipinski definition) is 2. The molecule has 1 atom stereocenters. The largest absolute Gasteiger partial charge is 0.497 e. The van der Waals surface area contributed by atoms with Crippen LogP contribution in [-0.4, -0.2) is 51.8 Å². The van der Waals surface area contributed by atoms with Crippen LogP contribution in [0, 0.1) is 0 Å². The Hall–Kier alpha value is -3.75. The molecular formula is C22H25N3O6. The smallest absolute Gasteiger partial charge is 0.329 e. The molecule has 4 amide bonds. The second-order valence-electron chi connectivity index (χ2n) is 6.87. The number of anilines is 1. The number of carbonyl (C=O) groups excluding carboxylic acids is 3. The molecule has 1 aliphatic heterocycles. The van der Waals surface area contributed by atoms with E-state index in [1.807, 2.05) is 12.1 Å². The van der Waals surface area contributed by atoms with Gasteiger partial charge in [0.1, 0.15) is 11.8 Å². The highest BCUT2D eigenvalue weighted by Gasteiger charge is 2.40. The summed E-state index contributed by atoms with van der Waals surface area (Å²) in [4.78, 5) is 38.2. The summed E-state index contributed by atoms with van der Waals surface area (Å²) >= 11 is 0. The van der Waals surface area contributed by atoms with Gasteiger partial charge in [-0.2, -0.15) is 0 Å². The van der Waals surface area contributed by atoms with E-state index in [1.54, 1.807) is 44.6 Å². The molecule has 9 nitrogen and oxygen atoms in total. The minimum atomic E-state index is -0.907. The van der Waals surface area contributed by atoms with Crippen LogP contribution in [0.5, 0.6) is 17.2 Å². The predicted octanol–water partition coefficient (Wildman–Crippen LogP) is 1.89. The third-order valence-corrected chi connectivity index (χ3v) is 4.92. The Morgan fingerprint density at radius 1 is 1.00 bits per heavy atom. The summed E-state index contributed by atoms with van der Waals surface area (Å²) in [5.41, 5.74) is 1.38. The van der Waals surface area contributed by atoms with E-state index in [4.69, 9.17) is 14.2 Å². The van der Waals surface area contributed by atoms with Crippen LogP contribution in [0.4, 0.5) is 10.5 Å². The van der Waals surface area contributed by atoms with Gasteiger partial charge in [-0.3, -0.25) is 9.59 Å². The Kier molecular flexibility index (Phi) is 6.96. The minimum Gasteiger partial charge on any atom is -0.497 e. The van der Waals surface area contributed by atoms with E-state index in [-0.39, 0.29) is 12.3 Å². The fourth-order valence-electron chi connectivity index (χ4n) is 3.29. The summed E-state index contributed by atoms with van der Waals surface area (Å²) in [6.07, 6.45) is 0.443. The van der Waals surface area contributed by atoms with Crippen LogP contribution >= 0.6 is 0 Å². The van der Waals surface area contributed by atoms with Crippen LogP contribution < -0.4 is 29.7 Å². The number of nitrogens with zero attached hydrogens (tertiary/aromatic N) is 1. The molecule has 1 fully saturated rings. The van der Waals surface area contributed by atoms with Gasteiger partial charge in [0.25, 0.3) is 5.91 Å². The Balaban J connectivity index is 1.52. The zero-order chi connectivity index (χ0) is 22.4. The maximum absolute atomic E-state index is 12.6. The molecule has 0 aliphatic carbocycles. The summed E-state index contributed by atoms with van der Waals surface area (Å²) < 4.78 is 15.6. The second kappa shape index (κ2) is 9.84. The van der Waals surface area contributed by atoms with Crippen molar-refractivity contribution < 1.29 is 28.6 Å².